The van der Waals surface area contributed by atoms with Crippen LogP contribution in [0.15, 0.2) is 18.2 Å². The molecule has 1 aromatic rings. The number of anilines is 1. The summed E-state index contributed by atoms with van der Waals surface area (Å²) in [5.74, 6) is 0.368. The maximum atomic E-state index is 9.98. The molecule has 0 aliphatic carbocycles. The molecule has 2 N–H and O–H groups in total. The Morgan fingerprint density at radius 3 is 3.05 bits per heavy atom. The van der Waals surface area contributed by atoms with Gasteiger partial charge in [0.25, 0.3) is 0 Å². The maximum absolute atomic E-state index is 9.98. The van der Waals surface area contributed by atoms with Crippen LogP contribution in [0.3, 0.4) is 0 Å². The van der Waals surface area contributed by atoms with Gasteiger partial charge in [0.2, 0.25) is 0 Å². The van der Waals surface area contributed by atoms with Crippen LogP contribution in [0.1, 0.15) is 38.2 Å². The molecule has 2 fully saturated rings. The fraction of sp³-hybridized carbons (Fsp3) is 0.625. The zero-order valence-electron chi connectivity index (χ0n) is 11.9. The number of nitrogens with one attached hydrogen (secondary N) is 1. The van der Waals surface area contributed by atoms with Crippen molar-refractivity contribution < 1.29 is 5.11 Å². The number of benzene rings is 1. The van der Waals surface area contributed by atoms with Crippen molar-refractivity contribution in [3.05, 3.63) is 23.8 Å². The van der Waals surface area contributed by atoms with Crippen LogP contribution < -0.4 is 5.32 Å². The summed E-state index contributed by atoms with van der Waals surface area (Å²) in [5, 5.41) is 13.5. The first kappa shape index (κ1) is 12.8. The first-order valence-electron chi connectivity index (χ1n) is 7.41. The summed E-state index contributed by atoms with van der Waals surface area (Å²) >= 11 is 0. The number of hydrogen-bond donors (Lipinski definition) is 2. The zero-order valence-corrected chi connectivity index (χ0v) is 11.9. The average Bonchev–Trinajstić information content (AvgIpc) is 2.90. The van der Waals surface area contributed by atoms with Gasteiger partial charge >= 0.3 is 0 Å². The van der Waals surface area contributed by atoms with Crippen molar-refractivity contribution >= 4 is 5.69 Å². The van der Waals surface area contributed by atoms with E-state index in [4.69, 9.17) is 0 Å². The van der Waals surface area contributed by atoms with Crippen molar-refractivity contribution in [3.8, 4) is 5.75 Å². The molecule has 0 saturated carbocycles. The molecule has 2 unspecified atom stereocenters. The van der Waals surface area contributed by atoms with Gasteiger partial charge in [-0.3, -0.25) is 4.90 Å². The van der Waals surface area contributed by atoms with Crippen LogP contribution in [0.5, 0.6) is 5.75 Å². The van der Waals surface area contributed by atoms with E-state index >= 15 is 0 Å². The van der Waals surface area contributed by atoms with Crippen molar-refractivity contribution in [2.24, 2.45) is 0 Å². The normalized spacial score (nSPS) is 30.5. The van der Waals surface area contributed by atoms with E-state index in [1.807, 2.05) is 25.1 Å². The first-order chi connectivity index (χ1) is 9.11. The molecule has 2 aliphatic heterocycles. The van der Waals surface area contributed by atoms with Crippen molar-refractivity contribution in [2.75, 3.05) is 18.4 Å². The zero-order chi connectivity index (χ0) is 13.5. The lowest BCUT2D eigenvalue weighted by Gasteiger charge is -2.34. The topological polar surface area (TPSA) is 35.5 Å². The average molecular weight is 260 g/mol. The minimum absolute atomic E-state index is 0.330. The van der Waals surface area contributed by atoms with E-state index in [0.29, 0.717) is 11.3 Å². The molecule has 2 aliphatic rings. The van der Waals surface area contributed by atoms with Gasteiger partial charge in [0.05, 0.1) is 5.69 Å². The number of phenols is 1. The predicted octanol–water partition coefficient (Wildman–Crippen LogP) is 3.13. The molecule has 1 aromatic carbocycles. The van der Waals surface area contributed by atoms with Crippen molar-refractivity contribution in [1.29, 1.82) is 0 Å². The molecule has 0 spiro atoms. The molecule has 0 aromatic heterocycles. The first-order valence-corrected chi connectivity index (χ1v) is 7.41. The molecule has 104 valence electrons. The second-order valence-electron chi connectivity index (χ2n) is 6.28. The van der Waals surface area contributed by atoms with Crippen LogP contribution in [0.4, 0.5) is 5.69 Å². The van der Waals surface area contributed by atoms with Crippen LogP contribution in [-0.2, 0) is 0 Å². The minimum atomic E-state index is 0.330. The van der Waals surface area contributed by atoms with Gasteiger partial charge < -0.3 is 10.4 Å². The highest BCUT2D eigenvalue weighted by Crippen LogP contribution is 2.42. The number of aryl methyl sites for hydroxylation is 1. The lowest BCUT2D eigenvalue weighted by atomic mass is 9.94. The van der Waals surface area contributed by atoms with E-state index in [2.05, 4.69) is 17.1 Å². The third kappa shape index (κ3) is 2.20. The molecular formula is C16H24N2O. The third-order valence-electron chi connectivity index (χ3n) is 4.97. The molecule has 19 heavy (non-hydrogen) atoms. The standard InChI is InChI=1S/C16H24N2O/c1-12-4-5-14(15(19)10-12)17-11-16-7-3-9-18(16)13(2)6-8-16/h4-5,10,13,17,19H,3,6-9,11H2,1-2H3. The molecule has 3 nitrogen and oxygen atoms in total. The van der Waals surface area contributed by atoms with Gasteiger partial charge in [0.1, 0.15) is 5.75 Å². The Kier molecular flexibility index (Phi) is 3.17. The maximum Gasteiger partial charge on any atom is 0.138 e. The highest BCUT2D eigenvalue weighted by molar-refractivity contribution is 5.57. The van der Waals surface area contributed by atoms with E-state index in [1.54, 1.807) is 0 Å². The number of aromatic hydroxyl groups is 1. The number of nitrogens with zero attached hydrogens (tertiary/aromatic N) is 1. The van der Waals surface area contributed by atoms with E-state index in [0.717, 1.165) is 23.8 Å². The monoisotopic (exact) mass is 260 g/mol. The van der Waals surface area contributed by atoms with E-state index in [1.165, 1.54) is 32.2 Å². The lowest BCUT2D eigenvalue weighted by molar-refractivity contribution is 0.170. The second kappa shape index (κ2) is 4.71. The molecule has 3 heteroatoms. The SMILES string of the molecule is Cc1ccc(NCC23CCCN2C(C)CC3)c(O)c1. The number of rotatable bonds is 3. The summed E-state index contributed by atoms with van der Waals surface area (Å²) in [7, 11) is 0. The highest BCUT2D eigenvalue weighted by atomic mass is 16.3. The summed E-state index contributed by atoms with van der Waals surface area (Å²) in [6.45, 7) is 6.53. The fourth-order valence-electron chi connectivity index (χ4n) is 3.88. The van der Waals surface area contributed by atoms with Crippen LogP contribution in [0.25, 0.3) is 0 Å². The molecule has 0 amide bonds. The van der Waals surface area contributed by atoms with Gasteiger partial charge in [-0.05, 0) is 63.8 Å². The Balaban J connectivity index is 1.72. The fourth-order valence-corrected chi connectivity index (χ4v) is 3.88. The molecule has 2 atom stereocenters. The molecule has 0 radical (unpaired) electrons. The van der Waals surface area contributed by atoms with E-state index < -0.39 is 0 Å². The third-order valence-corrected chi connectivity index (χ3v) is 4.97. The largest absolute Gasteiger partial charge is 0.506 e. The Labute approximate surface area is 115 Å². The van der Waals surface area contributed by atoms with Crippen LogP contribution in [-0.4, -0.2) is 34.7 Å². The smallest absolute Gasteiger partial charge is 0.138 e. The van der Waals surface area contributed by atoms with E-state index in [-0.39, 0.29) is 0 Å². The van der Waals surface area contributed by atoms with Gasteiger partial charge in [-0.25, -0.2) is 0 Å². The summed E-state index contributed by atoms with van der Waals surface area (Å²) in [6.07, 6.45) is 5.19. The second-order valence-corrected chi connectivity index (χ2v) is 6.28. The number of fused-ring (bicyclic) bond motifs is 1. The van der Waals surface area contributed by atoms with Gasteiger partial charge in [-0.15, -0.1) is 0 Å². The summed E-state index contributed by atoms with van der Waals surface area (Å²) in [4.78, 5) is 2.67. The minimum Gasteiger partial charge on any atom is -0.506 e. The van der Waals surface area contributed by atoms with Crippen LogP contribution in [0.2, 0.25) is 0 Å². The van der Waals surface area contributed by atoms with Gasteiger partial charge in [0.15, 0.2) is 0 Å². The van der Waals surface area contributed by atoms with E-state index in [9.17, 15) is 5.11 Å². The Bertz CT molecular complexity index is 474. The quantitative estimate of drug-likeness (QED) is 0.820. The molecule has 2 heterocycles. The lowest BCUT2D eigenvalue weighted by Crippen LogP contribution is -2.46. The van der Waals surface area contributed by atoms with Gasteiger partial charge in [-0.2, -0.15) is 0 Å². The van der Waals surface area contributed by atoms with Crippen molar-refractivity contribution in [1.82, 2.24) is 4.90 Å². The molecular weight excluding hydrogens is 236 g/mol. The number of phenolic OH excluding ortho intramolecular Hbond substituents is 1. The van der Waals surface area contributed by atoms with Gasteiger partial charge in [0, 0.05) is 18.1 Å². The van der Waals surface area contributed by atoms with Crippen molar-refractivity contribution in [3.63, 3.8) is 0 Å². The van der Waals surface area contributed by atoms with Crippen molar-refractivity contribution in [2.45, 2.75) is 51.1 Å². The Morgan fingerprint density at radius 2 is 2.26 bits per heavy atom. The summed E-state index contributed by atoms with van der Waals surface area (Å²) < 4.78 is 0. The highest BCUT2D eigenvalue weighted by Gasteiger charge is 2.47. The molecule has 0 bridgehead atoms. The van der Waals surface area contributed by atoms with Crippen LogP contribution >= 0.6 is 0 Å². The Morgan fingerprint density at radius 1 is 1.42 bits per heavy atom. The molecule has 2 saturated heterocycles. The molecule has 3 rings (SSSR count). The summed E-state index contributed by atoms with van der Waals surface area (Å²) in [5.41, 5.74) is 2.29. The predicted molar refractivity (Wildman–Crippen MR) is 78.7 cm³/mol. The summed E-state index contributed by atoms with van der Waals surface area (Å²) in [6, 6.07) is 6.57. The Hall–Kier alpha value is -1.22. The van der Waals surface area contributed by atoms with Crippen LogP contribution in [0, 0.1) is 6.92 Å². The number of hydrogen-bond acceptors (Lipinski definition) is 3. The van der Waals surface area contributed by atoms with Gasteiger partial charge in [-0.1, -0.05) is 6.07 Å².